The Kier molecular flexibility index (Phi) is 2.63. The lowest BCUT2D eigenvalue weighted by Gasteiger charge is -2.33. The number of amides is 1. The van der Waals surface area contributed by atoms with Gasteiger partial charge < -0.3 is 19.3 Å². The molecule has 1 N–H and O–H groups in total. The van der Waals surface area contributed by atoms with Gasteiger partial charge in [0.05, 0.1) is 24.9 Å². The van der Waals surface area contributed by atoms with Gasteiger partial charge >= 0.3 is 0 Å². The van der Waals surface area contributed by atoms with Crippen LogP contribution in [0.1, 0.15) is 41.7 Å². The van der Waals surface area contributed by atoms with Gasteiger partial charge in [0.15, 0.2) is 11.4 Å². The van der Waals surface area contributed by atoms with Crippen LogP contribution in [0, 0.1) is 0 Å². The molecule has 0 bridgehead atoms. The van der Waals surface area contributed by atoms with Gasteiger partial charge in [-0.1, -0.05) is 0 Å². The van der Waals surface area contributed by atoms with Crippen molar-refractivity contribution in [2.75, 3.05) is 20.2 Å². The van der Waals surface area contributed by atoms with E-state index in [2.05, 4.69) is 0 Å². The highest BCUT2D eigenvalue weighted by molar-refractivity contribution is 5.96. The fraction of sp³-hybridized carbons (Fsp3) is 0.538. The molecule has 0 fully saturated rings. The first kappa shape index (κ1) is 12.2. The molecule has 1 aromatic rings. The molecule has 1 amide bonds. The highest BCUT2D eigenvalue weighted by atomic mass is 16.5. The van der Waals surface area contributed by atoms with Gasteiger partial charge in [0.1, 0.15) is 0 Å². The predicted molar refractivity (Wildman–Crippen MR) is 67.4 cm³/mol. The van der Waals surface area contributed by atoms with Crippen LogP contribution in [0.3, 0.4) is 0 Å². The molecule has 0 saturated heterocycles. The molecule has 0 spiro atoms. The standard InChI is InChI=1S/C13H16N2O4/c1-3-14-6-7-4-9(16)8-5-10(17)12(19-2)11(13(14)18)15(7)8/h5,7,9,16H,3-4,6H2,1-2H3/t7-,9?/m0/s1. The average molecular weight is 264 g/mol. The van der Waals surface area contributed by atoms with Crippen molar-refractivity contribution in [2.45, 2.75) is 25.5 Å². The summed E-state index contributed by atoms with van der Waals surface area (Å²) in [6.07, 6.45) is -0.157. The molecule has 1 aromatic heterocycles. The maximum atomic E-state index is 12.4. The normalized spacial score (nSPS) is 24.6. The molecule has 0 saturated carbocycles. The summed E-state index contributed by atoms with van der Waals surface area (Å²) in [4.78, 5) is 26.1. The Morgan fingerprint density at radius 1 is 1.47 bits per heavy atom. The van der Waals surface area contributed by atoms with E-state index in [0.29, 0.717) is 25.2 Å². The van der Waals surface area contributed by atoms with Crippen LogP contribution >= 0.6 is 0 Å². The van der Waals surface area contributed by atoms with E-state index in [1.54, 1.807) is 9.47 Å². The third-order valence-corrected chi connectivity index (χ3v) is 3.95. The molecule has 0 radical (unpaired) electrons. The zero-order valence-electron chi connectivity index (χ0n) is 10.9. The summed E-state index contributed by atoms with van der Waals surface area (Å²) in [7, 11) is 1.39. The third kappa shape index (κ3) is 1.53. The van der Waals surface area contributed by atoms with E-state index >= 15 is 0 Å². The number of rotatable bonds is 2. The van der Waals surface area contributed by atoms with Crippen molar-refractivity contribution in [1.82, 2.24) is 9.47 Å². The largest absolute Gasteiger partial charge is 0.491 e. The van der Waals surface area contributed by atoms with Gasteiger partial charge in [0.25, 0.3) is 5.91 Å². The Bertz CT molecular complexity index is 607. The van der Waals surface area contributed by atoms with Crippen LogP contribution < -0.4 is 10.2 Å². The van der Waals surface area contributed by atoms with Crippen LogP contribution in [0.15, 0.2) is 10.9 Å². The first-order valence-corrected chi connectivity index (χ1v) is 6.39. The molecule has 19 heavy (non-hydrogen) atoms. The second-order valence-corrected chi connectivity index (χ2v) is 4.93. The number of ether oxygens (including phenoxy) is 1. The molecule has 2 aliphatic heterocycles. The van der Waals surface area contributed by atoms with Gasteiger partial charge in [-0.3, -0.25) is 9.59 Å². The maximum absolute atomic E-state index is 12.4. The topological polar surface area (TPSA) is 71.8 Å². The van der Waals surface area contributed by atoms with Gasteiger partial charge in [-0.05, 0) is 6.92 Å². The van der Waals surface area contributed by atoms with E-state index in [0.717, 1.165) is 0 Å². The minimum atomic E-state index is -0.688. The van der Waals surface area contributed by atoms with Crippen molar-refractivity contribution < 1.29 is 14.6 Å². The van der Waals surface area contributed by atoms with Crippen molar-refractivity contribution in [3.8, 4) is 5.75 Å². The van der Waals surface area contributed by atoms with Gasteiger partial charge in [-0.25, -0.2) is 0 Å². The average Bonchev–Trinajstić information content (AvgIpc) is 2.70. The molecule has 0 aliphatic carbocycles. The zero-order chi connectivity index (χ0) is 13.7. The monoisotopic (exact) mass is 264 g/mol. The molecular weight excluding hydrogens is 248 g/mol. The second kappa shape index (κ2) is 4.09. The SMILES string of the molecule is CCN1C[C@@H]2CC(O)c3cc(=O)c(OC)c(n32)C1=O. The Hall–Kier alpha value is -1.82. The van der Waals surface area contributed by atoms with Crippen molar-refractivity contribution in [1.29, 1.82) is 0 Å². The van der Waals surface area contributed by atoms with E-state index < -0.39 is 6.10 Å². The molecular formula is C13H16N2O4. The van der Waals surface area contributed by atoms with E-state index in [-0.39, 0.29) is 28.8 Å². The molecule has 1 unspecified atom stereocenters. The van der Waals surface area contributed by atoms with E-state index in [1.165, 1.54) is 13.2 Å². The van der Waals surface area contributed by atoms with Gasteiger partial charge in [-0.2, -0.15) is 0 Å². The van der Waals surface area contributed by atoms with Crippen molar-refractivity contribution in [3.63, 3.8) is 0 Å². The van der Waals surface area contributed by atoms with Crippen LogP contribution in [-0.2, 0) is 0 Å². The maximum Gasteiger partial charge on any atom is 0.274 e. The summed E-state index contributed by atoms with van der Waals surface area (Å²) < 4.78 is 6.89. The fourth-order valence-corrected chi connectivity index (χ4v) is 3.07. The molecule has 2 aliphatic rings. The summed E-state index contributed by atoms with van der Waals surface area (Å²) in [6.45, 7) is 3.04. The highest BCUT2D eigenvalue weighted by Gasteiger charge is 2.41. The van der Waals surface area contributed by atoms with Crippen molar-refractivity contribution >= 4 is 5.91 Å². The highest BCUT2D eigenvalue weighted by Crippen LogP contribution is 2.40. The third-order valence-electron chi connectivity index (χ3n) is 3.95. The number of carbonyl (C=O) groups is 1. The molecule has 3 rings (SSSR count). The number of likely N-dealkylation sites (N-methyl/N-ethyl adjacent to an activating group) is 1. The number of aliphatic hydroxyl groups is 1. The van der Waals surface area contributed by atoms with Crippen LogP contribution in [0.25, 0.3) is 0 Å². The van der Waals surface area contributed by atoms with Crippen molar-refractivity contribution in [2.24, 2.45) is 0 Å². The summed E-state index contributed by atoms with van der Waals surface area (Å²) in [5.41, 5.74) is 0.448. The zero-order valence-corrected chi connectivity index (χ0v) is 10.9. The lowest BCUT2D eigenvalue weighted by molar-refractivity contribution is 0.0668. The van der Waals surface area contributed by atoms with Crippen LogP contribution in [0.2, 0.25) is 0 Å². The molecule has 102 valence electrons. The number of hydrogen-bond acceptors (Lipinski definition) is 4. The number of nitrogens with zero attached hydrogens (tertiary/aromatic N) is 2. The minimum Gasteiger partial charge on any atom is -0.491 e. The number of hydrogen-bond donors (Lipinski definition) is 1. The quantitative estimate of drug-likeness (QED) is 0.834. The lowest BCUT2D eigenvalue weighted by atomic mass is 10.1. The van der Waals surface area contributed by atoms with Gasteiger partial charge in [0.2, 0.25) is 5.43 Å². The number of carbonyl (C=O) groups excluding carboxylic acids is 1. The fourth-order valence-electron chi connectivity index (χ4n) is 3.07. The first-order valence-electron chi connectivity index (χ1n) is 6.39. The number of pyridine rings is 1. The van der Waals surface area contributed by atoms with E-state index in [1.807, 2.05) is 6.92 Å². The molecule has 0 aromatic carbocycles. The van der Waals surface area contributed by atoms with Crippen LogP contribution in [-0.4, -0.2) is 40.7 Å². The van der Waals surface area contributed by atoms with Gasteiger partial charge in [-0.15, -0.1) is 0 Å². The molecule has 6 nitrogen and oxygen atoms in total. The number of aliphatic hydroxyl groups excluding tert-OH is 1. The van der Waals surface area contributed by atoms with Gasteiger partial charge in [0, 0.05) is 25.6 Å². The summed E-state index contributed by atoms with van der Waals surface area (Å²) >= 11 is 0. The predicted octanol–water partition coefficient (Wildman–Crippen LogP) is 0.311. The molecule has 3 heterocycles. The second-order valence-electron chi connectivity index (χ2n) is 4.93. The molecule has 6 heteroatoms. The minimum absolute atomic E-state index is 0.0205. The summed E-state index contributed by atoms with van der Waals surface area (Å²) in [6, 6.07) is 1.40. The first-order chi connectivity index (χ1) is 9.08. The number of aromatic nitrogens is 1. The Morgan fingerprint density at radius 2 is 2.21 bits per heavy atom. The Morgan fingerprint density at radius 3 is 2.84 bits per heavy atom. The van der Waals surface area contributed by atoms with Crippen LogP contribution in [0.4, 0.5) is 0 Å². The number of methoxy groups -OCH3 is 1. The Balaban J connectivity index is 2.31. The Labute approximate surface area is 110 Å². The summed E-state index contributed by atoms with van der Waals surface area (Å²) in [5, 5.41) is 10.0. The summed E-state index contributed by atoms with van der Waals surface area (Å²) in [5.74, 6) is -0.130. The lowest BCUT2D eigenvalue weighted by Crippen LogP contribution is -2.43. The van der Waals surface area contributed by atoms with Crippen molar-refractivity contribution in [3.05, 3.63) is 27.7 Å². The smallest absolute Gasteiger partial charge is 0.274 e. The molecule has 2 atom stereocenters. The van der Waals surface area contributed by atoms with E-state index in [9.17, 15) is 14.7 Å². The van der Waals surface area contributed by atoms with E-state index in [4.69, 9.17) is 4.74 Å². The van der Waals surface area contributed by atoms with Crippen LogP contribution in [0.5, 0.6) is 5.75 Å².